The molecule has 0 aromatic rings. The van der Waals surface area contributed by atoms with E-state index in [-0.39, 0.29) is 30.1 Å². The van der Waals surface area contributed by atoms with Crippen LogP contribution in [0.3, 0.4) is 0 Å². The molecule has 29 heavy (non-hydrogen) atoms. The van der Waals surface area contributed by atoms with Gasteiger partial charge in [0, 0.05) is 45.8 Å². The molecule has 2 saturated heterocycles. The number of guanidine groups is 1. The Balaban J connectivity index is 0.00000420. The Bertz CT molecular complexity index is 507. The Morgan fingerprint density at radius 3 is 2.69 bits per heavy atom. The quantitative estimate of drug-likeness (QED) is 0.229. The number of rotatable bonds is 7. The molecule has 0 aliphatic carbocycles. The van der Waals surface area contributed by atoms with Crippen molar-refractivity contribution in [2.75, 3.05) is 59.0 Å². The minimum absolute atomic E-state index is 0. The molecule has 3 N–H and O–H groups in total. The van der Waals surface area contributed by atoms with E-state index in [1.165, 1.54) is 0 Å². The molecule has 0 aromatic carbocycles. The van der Waals surface area contributed by atoms with Gasteiger partial charge in [0.1, 0.15) is 5.60 Å². The van der Waals surface area contributed by atoms with E-state index < -0.39 is 5.60 Å². The van der Waals surface area contributed by atoms with E-state index >= 15 is 0 Å². The lowest BCUT2D eigenvalue weighted by molar-refractivity contribution is 0.0162. The highest BCUT2D eigenvalue weighted by molar-refractivity contribution is 14.0. The lowest BCUT2D eigenvalue weighted by Gasteiger charge is -2.34. The van der Waals surface area contributed by atoms with Crippen LogP contribution in [0.5, 0.6) is 0 Å². The maximum absolute atomic E-state index is 12.2. The second-order valence-corrected chi connectivity index (χ2v) is 8.72. The molecule has 0 spiro atoms. The van der Waals surface area contributed by atoms with Crippen molar-refractivity contribution in [3.63, 3.8) is 0 Å². The van der Waals surface area contributed by atoms with Crippen LogP contribution in [0.15, 0.2) is 4.99 Å². The standard InChI is InChI=1S/C20H39N5O3.HI/c1-20(2,3)28-19(26)25-11-4-6-17(16-25)7-9-23-18(21)22-8-5-10-24-12-14-27-15-13-24;/h17H,4-16H2,1-3H3,(H3,21,22,23);1H. The predicted octanol–water partition coefficient (Wildman–Crippen LogP) is 2.27. The Morgan fingerprint density at radius 1 is 1.28 bits per heavy atom. The number of amides is 1. The van der Waals surface area contributed by atoms with E-state index in [2.05, 4.69) is 15.2 Å². The number of morpholine rings is 1. The first-order valence-corrected chi connectivity index (χ1v) is 10.7. The van der Waals surface area contributed by atoms with Gasteiger partial charge in [-0.15, -0.1) is 24.0 Å². The van der Waals surface area contributed by atoms with Gasteiger partial charge >= 0.3 is 6.09 Å². The first kappa shape index (κ1) is 26.2. The van der Waals surface area contributed by atoms with Crippen molar-refractivity contribution < 1.29 is 14.3 Å². The summed E-state index contributed by atoms with van der Waals surface area (Å²) in [6.45, 7) is 13.5. The molecule has 2 heterocycles. The van der Waals surface area contributed by atoms with Gasteiger partial charge in [-0.2, -0.15) is 0 Å². The third kappa shape index (κ3) is 11.2. The van der Waals surface area contributed by atoms with Gasteiger partial charge in [-0.25, -0.2) is 4.79 Å². The van der Waals surface area contributed by atoms with E-state index in [4.69, 9.17) is 15.2 Å². The Labute approximate surface area is 192 Å². The van der Waals surface area contributed by atoms with Crippen molar-refractivity contribution in [1.82, 2.24) is 15.1 Å². The molecule has 2 aliphatic rings. The first-order valence-electron chi connectivity index (χ1n) is 10.7. The summed E-state index contributed by atoms with van der Waals surface area (Å²) in [5.41, 5.74) is 5.53. The summed E-state index contributed by atoms with van der Waals surface area (Å²) in [4.78, 5) is 20.9. The summed E-state index contributed by atoms with van der Waals surface area (Å²) >= 11 is 0. The summed E-state index contributed by atoms with van der Waals surface area (Å²) in [7, 11) is 0. The number of piperidine rings is 1. The molecule has 170 valence electrons. The van der Waals surface area contributed by atoms with Crippen LogP contribution in [-0.4, -0.2) is 86.5 Å². The second-order valence-electron chi connectivity index (χ2n) is 8.72. The molecule has 8 nitrogen and oxygen atoms in total. The molecule has 2 aliphatic heterocycles. The highest BCUT2D eigenvalue weighted by Crippen LogP contribution is 2.21. The number of nitrogens with zero attached hydrogens (tertiary/aromatic N) is 3. The van der Waals surface area contributed by atoms with E-state index in [0.29, 0.717) is 11.9 Å². The topological polar surface area (TPSA) is 92.4 Å². The molecule has 1 atom stereocenters. The van der Waals surface area contributed by atoms with Crippen molar-refractivity contribution in [1.29, 1.82) is 0 Å². The highest BCUT2D eigenvalue weighted by atomic mass is 127. The molecular formula is C20H40IN5O3. The lowest BCUT2D eigenvalue weighted by atomic mass is 9.95. The molecule has 0 aromatic heterocycles. The molecule has 9 heteroatoms. The molecular weight excluding hydrogens is 485 g/mol. The third-order valence-corrected chi connectivity index (χ3v) is 5.05. The fourth-order valence-electron chi connectivity index (χ4n) is 3.57. The van der Waals surface area contributed by atoms with Crippen LogP contribution in [0.2, 0.25) is 0 Å². The monoisotopic (exact) mass is 525 g/mol. The number of ether oxygens (including phenoxy) is 2. The van der Waals surface area contributed by atoms with Gasteiger partial charge in [0.15, 0.2) is 5.96 Å². The zero-order chi connectivity index (χ0) is 20.4. The molecule has 2 fully saturated rings. The van der Waals surface area contributed by atoms with E-state index in [9.17, 15) is 4.79 Å². The van der Waals surface area contributed by atoms with Crippen molar-refractivity contribution >= 4 is 36.0 Å². The second kappa shape index (κ2) is 13.5. The molecule has 1 unspecified atom stereocenters. The number of halogens is 1. The first-order chi connectivity index (χ1) is 13.3. The fraction of sp³-hybridized carbons (Fsp3) is 0.900. The van der Waals surface area contributed by atoms with Crippen LogP contribution in [0, 0.1) is 5.92 Å². The number of carbonyl (C=O) groups excluding carboxylic acids is 1. The average Bonchev–Trinajstić information content (AvgIpc) is 2.65. The predicted molar refractivity (Wildman–Crippen MR) is 127 cm³/mol. The molecule has 0 bridgehead atoms. The van der Waals surface area contributed by atoms with Crippen LogP contribution in [0.1, 0.15) is 46.5 Å². The van der Waals surface area contributed by atoms with Crippen LogP contribution in [0.25, 0.3) is 0 Å². The number of likely N-dealkylation sites (tertiary alicyclic amines) is 1. The largest absolute Gasteiger partial charge is 0.444 e. The fourth-order valence-corrected chi connectivity index (χ4v) is 3.57. The van der Waals surface area contributed by atoms with Gasteiger partial charge in [0.05, 0.1) is 13.2 Å². The van der Waals surface area contributed by atoms with Gasteiger partial charge in [-0.1, -0.05) is 0 Å². The normalized spacial score (nSPS) is 21.4. The number of hydrogen-bond donors (Lipinski definition) is 2. The number of hydrogen-bond acceptors (Lipinski definition) is 5. The molecule has 2 rings (SSSR count). The van der Waals surface area contributed by atoms with Gasteiger partial charge < -0.3 is 25.4 Å². The summed E-state index contributed by atoms with van der Waals surface area (Å²) in [5, 5.41) is 3.21. The maximum atomic E-state index is 12.2. The van der Waals surface area contributed by atoms with Crippen molar-refractivity contribution in [3.05, 3.63) is 0 Å². The Hall–Kier alpha value is -0.810. The third-order valence-electron chi connectivity index (χ3n) is 5.05. The smallest absolute Gasteiger partial charge is 0.410 e. The van der Waals surface area contributed by atoms with Crippen LogP contribution in [0.4, 0.5) is 4.79 Å². The Kier molecular flexibility index (Phi) is 12.2. The van der Waals surface area contributed by atoms with Crippen molar-refractivity contribution in [2.24, 2.45) is 16.6 Å². The zero-order valence-corrected chi connectivity index (χ0v) is 20.7. The van der Waals surface area contributed by atoms with Gasteiger partial charge in [0.25, 0.3) is 0 Å². The van der Waals surface area contributed by atoms with Gasteiger partial charge in [-0.05, 0) is 52.4 Å². The van der Waals surface area contributed by atoms with Crippen molar-refractivity contribution in [3.8, 4) is 0 Å². The highest BCUT2D eigenvalue weighted by Gasteiger charge is 2.27. The summed E-state index contributed by atoms with van der Waals surface area (Å²) in [5.74, 6) is 0.990. The summed E-state index contributed by atoms with van der Waals surface area (Å²) in [6.07, 6.45) is 3.94. The number of nitrogens with one attached hydrogen (secondary N) is 1. The van der Waals surface area contributed by atoms with Gasteiger partial charge in [-0.3, -0.25) is 9.89 Å². The maximum Gasteiger partial charge on any atom is 0.410 e. The van der Waals surface area contributed by atoms with Crippen LogP contribution >= 0.6 is 24.0 Å². The zero-order valence-electron chi connectivity index (χ0n) is 18.3. The Morgan fingerprint density at radius 2 is 2.00 bits per heavy atom. The van der Waals surface area contributed by atoms with Crippen LogP contribution < -0.4 is 11.1 Å². The SMILES string of the molecule is CC(C)(C)OC(=O)N1CCCC(CCNC(N)=NCCCN2CCOCC2)C1.I. The number of nitrogens with two attached hydrogens (primary N) is 1. The van der Waals surface area contributed by atoms with Gasteiger partial charge in [0.2, 0.25) is 0 Å². The minimum atomic E-state index is -0.446. The minimum Gasteiger partial charge on any atom is -0.444 e. The summed E-state index contributed by atoms with van der Waals surface area (Å²) in [6, 6.07) is 0. The molecule has 0 saturated carbocycles. The lowest BCUT2D eigenvalue weighted by Crippen LogP contribution is -2.43. The van der Waals surface area contributed by atoms with E-state index in [0.717, 1.165) is 84.7 Å². The summed E-state index contributed by atoms with van der Waals surface area (Å²) < 4.78 is 10.8. The molecule has 1 amide bonds. The van der Waals surface area contributed by atoms with E-state index in [1.54, 1.807) is 0 Å². The van der Waals surface area contributed by atoms with Crippen LogP contribution in [-0.2, 0) is 9.47 Å². The average molecular weight is 525 g/mol. The number of carbonyl (C=O) groups is 1. The molecule has 0 radical (unpaired) electrons. The number of aliphatic imine (C=N–C) groups is 1. The van der Waals surface area contributed by atoms with Crippen molar-refractivity contribution in [2.45, 2.75) is 52.1 Å². The van der Waals surface area contributed by atoms with E-state index in [1.807, 2.05) is 25.7 Å².